The Hall–Kier alpha value is -2.60. The van der Waals surface area contributed by atoms with E-state index in [-0.39, 0.29) is 11.0 Å². The van der Waals surface area contributed by atoms with Gasteiger partial charge in [-0.15, -0.1) is 0 Å². The Balaban J connectivity index is 1.74. The number of amides is 1. The molecule has 0 aliphatic rings. The molecule has 0 aliphatic heterocycles. The average molecular weight is 443 g/mol. The van der Waals surface area contributed by atoms with Crippen LogP contribution in [0.15, 0.2) is 48.5 Å². The van der Waals surface area contributed by atoms with Crippen LogP contribution >= 0.6 is 12.2 Å². The fraction of sp³-hybridized carbons (Fsp3) is 0.440. The van der Waals surface area contributed by atoms with Crippen LogP contribution in [-0.2, 0) is 0 Å². The quantitative estimate of drug-likeness (QED) is 0.303. The van der Waals surface area contributed by atoms with Gasteiger partial charge >= 0.3 is 0 Å². The number of nitrogens with one attached hydrogen (secondary N) is 2. The summed E-state index contributed by atoms with van der Waals surface area (Å²) in [6, 6.07) is 14.6. The van der Waals surface area contributed by atoms with Crippen molar-refractivity contribution in [1.29, 1.82) is 0 Å². The molecule has 31 heavy (non-hydrogen) atoms. The summed E-state index contributed by atoms with van der Waals surface area (Å²) < 4.78 is 11.4. The first kappa shape index (κ1) is 24.7. The van der Waals surface area contributed by atoms with Crippen LogP contribution in [0.5, 0.6) is 11.5 Å². The minimum atomic E-state index is -0.263. The van der Waals surface area contributed by atoms with E-state index in [1.54, 1.807) is 12.1 Å². The molecule has 2 aromatic rings. The highest BCUT2D eigenvalue weighted by Crippen LogP contribution is 2.17. The Morgan fingerprint density at radius 3 is 2.16 bits per heavy atom. The summed E-state index contributed by atoms with van der Waals surface area (Å²) in [6.45, 7) is 7.79. The monoisotopic (exact) mass is 442 g/mol. The van der Waals surface area contributed by atoms with E-state index >= 15 is 0 Å². The lowest BCUT2D eigenvalue weighted by atomic mass is 10.2. The molecule has 0 spiro atoms. The third-order valence-corrected chi connectivity index (χ3v) is 4.76. The van der Waals surface area contributed by atoms with Gasteiger partial charge in [0.25, 0.3) is 5.91 Å². The summed E-state index contributed by atoms with van der Waals surface area (Å²) in [5, 5.41) is 5.96. The van der Waals surface area contributed by atoms with Gasteiger partial charge < -0.3 is 14.8 Å². The van der Waals surface area contributed by atoms with Gasteiger partial charge in [0.05, 0.1) is 13.2 Å². The summed E-state index contributed by atoms with van der Waals surface area (Å²) in [7, 11) is 0. The largest absolute Gasteiger partial charge is 0.494 e. The Morgan fingerprint density at radius 2 is 1.52 bits per heavy atom. The van der Waals surface area contributed by atoms with Crippen LogP contribution in [0.3, 0.4) is 0 Å². The third kappa shape index (κ3) is 9.83. The summed E-state index contributed by atoms with van der Waals surface area (Å²) in [4.78, 5) is 12.4. The molecule has 5 nitrogen and oxygen atoms in total. The van der Waals surface area contributed by atoms with Crippen LogP contribution in [0.4, 0.5) is 5.69 Å². The van der Waals surface area contributed by atoms with Crippen molar-refractivity contribution in [2.45, 2.75) is 52.9 Å². The van der Waals surface area contributed by atoms with Crippen LogP contribution in [0.2, 0.25) is 0 Å². The predicted octanol–water partition coefficient (Wildman–Crippen LogP) is 6.20. The SMILES string of the molecule is CCCCCCCOc1ccc(C(=O)NC(=S)Nc2ccc(OCC(C)C)cc2)cc1. The lowest BCUT2D eigenvalue weighted by molar-refractivity contribution is 0.0977. The molecule has 6 heteroatoms. The molecule has 168 valence electrons. The number of anilines is 1. The molecule has 0 heterocycles. The molecule has 1 amide bonds. The third-order valence-electron chi connectivity index (χ3n) is 4.56. The maximum atomic E-state index is 12.4. The van der Waals surface area contributed by atoms with Crippen molar-refractivity contribution in [2.24, 2.45) is 5.92 Å². The second-order valence-corrected chi connectivity index (χ2v) is 8.33. The normalized spacial score (nSPS) is 10.6. The number of carbonyl (C=O) groups is 1. The number of carbonyl (C=O) groups excluding carboxylic acids is 1. The van der Waals surface area contributed by atoms with Crippen molar-refractivity contribution in [3.8, 4) is 11.5 Å². The second-order valence-electron chi connectivity index (χ2n) is 7.92. The number of ether oxygens (including phenoxy) is 2. The van der Waals surface area contributed by atoms with Crippen molar-refractivity contribution in [3.05, 3.63) is 54.1 Å². The fourth-order valence-electron chi connectivity index (χ4n) is 2.83. The number of unbranched alkanes of at least 4 members (excludes halogenated alkanes) is 4. The molecule has 0 unspecified atom stereocenters. The standard InChI is InChI=1S/C25H34N2O3S/c1-4-5-6-7-8-17-29-22-13-9-20(10-14-22)24(28)27-25(31)26-21-11-15-23(16-12-21)30-18-19(2)3/h9-16,19H,4-8,17-18H2,1-3H3,(H2,26,27,28,31). The van der Waals surface area contributed by atoms with Crippen LogP contribution in [-0.4, -0.2) is 24.2 Å². The Morgan fingerprint density at radius 1 is 0.903 bits per heavy atom. The number of hydrogen-bond donors (Lipinski definition) is 2. The molecule has 2 rings (SSSR count). The summed E-state index contributed by atoms with van der Waals surface area (Å²) in [6.07, 6.45) is 6.00. The summed E-state index contributed by atoms with van der Waals surface area (Å²) in [5.74, 6) is 1.78. The summed E-state index contributed by atoms with van der Waals surface area (Å²) >= 11 is 5.26. The number of rotatable bonds is 12. The smallest absolute Gasteiger partial charge is 0.257 e. The predicted molar refractivity (Wildman–Crippen MR) is 131 cm³/mol. The van der Waals surface area contributed by atoms with Crippen LogP contribution < -0.4 is 20.1 Å². The first-order valence-electron chi connectivity index (χ1n) is 11.1. The van der Waals surface area contributed by atoms with E-state index in [1.807, 2.05) is 36.4 Å². The zero-order valence-electron chi connectivity index (χ0n) is 18.8. The van der Waals surface area contributed by atoms with E-state index in [1.165, 1.54) is 25.7 Å². The van der Waals surface area contributed by atoms with E-state index in [2.05, 4.69) is 31.4 Å². The molecule has 0 aromatic heterocycles. The van der Waals surface area contributed by atoms with E-state index in [0.717, 1.165) is 23.6 Å². The van der Waals surface area contributed by atoms with Crippen LogP contribution in [0, 0.1) is 5.92 Å². The molecule has 2 aromatic carbocycles. The fourth-order valence-corrected chi connectivity index (χ4v) is 3.04. The van der Waals surface area contributed by atoms with Gasteiger partial charge in [0, 0.05) is 11.3 Å². The molecule has 0 fully saturated rings. The number of benzene rings is 2. The Labute approximate surface area is 191 Å². The van der Waals surface area contributed by atoms with Gasteiger partial charge in [-0.2, -0.15) is 0 Å². The lowest BCUT2D eigenvalue weighted by Gasteiger charge is -2.12. The van der Waals surface area contributed by atoms with Crippen molar-refractivity contribution in [1.82, 2.24) is 5.32 Å². The van der Waals surface area contributed by atoms with Gasteiger partial charge in [-0.25, -0.2) is 0 Å². The van der Waals surface area contributed by atoms with Gasteiger partial charge in [0.15, 0.2) is 5.11 Å². The lowest BCUT2D eigenvalue weighted by Crippen LogP contribution is -2.34. The van der Waals surface area contributed by atoms with Gasteiger partial charge in [-0.05, 0) is 73.1 Å². The zero-order chi connectivity index (χ0) is 22.5. The minimum Gasteiger partial charge on any atom is -0.494 e. The molecule has 0 aliphatic carbocycles. The molecule has 0 saturated carbocycles. The van der Waals surface area contributed by atoms with E-state index < -0.39 is 0 Å². The first-order chi connectivity index (χ1) is 15.0. The molecule has 0 bridgehead atoms. The van der Waals surface area contributed by atoms with Gasteiger partial charge in [-0.1, -0.05) is 46.5 Å². The molecular formula is C25H34N2O3S. The van der Waals surface area contributed by atoms with Crippen LogP contribution in [0.25, 0.3) is 0 Å². The highest BCUT2D eigenvalue weighted by Gasteiger charge is 2.08. The van der Waals surface area contributed by atoms with Gasteiger partial charge in [0.2, 0.25) is 0 Å². The molecule has 0 atom stereocenters. The number of hydrogen-bond acceptors (Lipinski definition) is 4. The Bertz CT molecular complexity index is 805. The topological polar surface area (TPSA) is 59.6 Å². The molecule has 0 radical (unpaired) electrons. The highest BCUT2D eigenvalue weighted by molar-refractivity contribution is 7.80. The molecular weight excluding hydrogens is 408 g/mol. The summed E-state index contributed by atoms with van der Waals surface area (Å²) in [5.41, 5.74) is 1.31. The van der Waals surface area contributed by atoms with E-state index in [4.69, 9.17) is 21.7 Å². The van der Waals surface area contributed by atoms with Crippen molar-refractivity contribution in [2.75, 3.05) is 18.5 Å². The van der Waals surface area contributed by atoms with E-state index in [0.29, 0.717) is 24.7 Å². The van der Waals surface area contributed by atoms with E-state index in [9.17, 15) is 4.79 Å². The average Bonchev–Trinajstić information content (AvgIpc) is 2.76. The molecule has 0 saturated heterocycles. The maximum absolute atomic E-state index is 12.4. The van der Waals surface area contributed by atoms with Gasteiger partial charge in [0.1, 0.15) is 11.5 Å². The number of thiocarbonyl (C=S) groups is 1. The zero-order valence-corrected chi connectivity index (χ0v) is 19.6. The Kier molecular flexibility index (Phi) is 10.9. The van der Waals surface area contributed by atoms with Gasteiger partial charge in [-0.3, -0.25) is 10.1 Å². The minimum absolute atomic E-state index is 0.244. The van der Waals surface area contributed by atoms with Crippen molar-refractivity contribution < 1.29 is 14.3 Å². The second kappa shape index (κ2) is 13.7. The highest BCUT2D eigenvalue weighted by atomic mass is 32.1. The van der Waals surface area contributed by atoms with Crippen molar-refractivity contribution in [3.63, 3.8) is 0 Å². The maximum Gasteiger partial charge on any atom is 0.257 e. The van der Waals surface area contributed by atoms with Crippen LogP contribution in [0.1, 0.15) is 63.2 Å². The molecule has 2 N–H and O–H groups in total. The van der Waals surface area contributed by atoms with Crippen molar-refractivity contribution >= 4 is 28.9 Å². The first-order valence-corrected chi connectivity index (χ1v) is 11.5.